The summed E-state index contributed by atoms with van der Waals surface area (Å²) in [4.78, 5) is 29.9. The number of esters is 2. The highest BCUT2D eigenvalue weighted by Gasteiger charge is 2.29. The average molecular weight is 192 g/mol. The molecule has 0 spiro atoms. The van der Waals surface area contributed by atoms with E-state index in [9.17, 15) is 9.59 Å². The topological polar surface area (TPSA) is 69.2 Å². The van der Waals surface area contributed by atoms with Crippen molar-refractivity contribution in [1.82, 2.24) is 9.97 Å². The van der Waals surface area contributed by atoms with Crippen LogP contribution in [0.25, 0.3) is 0 Å². The Balaban J connectivity index is 2.19. The van der Waals surface area contributed by atoms with Gasteiger partial charge in [-0.15, -0.1) is 0 Å². The number of carbonyl (C=O) groups is 2. The molecule has 0 aromatic carbocycles. The zero-order valence-electron chi connectivity index (χ0n) is 7.34. The summed E-state index contributed by atoms with van der Waals surface area (Å²) in [6.07, 6.45) is 3.53. The van der Waals surface area contributed by atoms with Crippen molar-refractivity contribution in [2.24, 2.45) is 0 Å². The van der Waals surface area contributed by atoms with Crippen molar-refractivity contribution < 1.29 is 14.3 Å². The Hall–Kier alpha value is -1.78. The van der Waals surface area contributed by atoms with Crippen molar-refractivity contribution >= 4 is 11.9 Å². The highest BCUT2D eigenvalue weighted by Crippen LogP contribution is 2.24. The molecule has 0 N–H and O–H groups in total. The van der Waals surface area contributed by atoms with Crippen LogP contribution in [0.4, 0.5) is 0 Å². The Kier molecular flexibility index (Phi) is 2.22. The summed E-state index contributed by atoms with van der Waals surface area (Å²) in [6, 6.07) is 1.69. The molecule has 0 unspecified atom stereocenters. The predicted octanol–water partition coefficient (Wildman–Crippen LogP) is 0.424. The first kappa shape index (κ1) is 8.80. The molecule has 2 rings (SSSR count). The summed E-state index contributed by atoms with van der Waals surface area (Å²) in [6.45, 7) is 0. The Labute approximate surface area is 80.1 Å². The van der Waals surface area contributed by atoms with Gasteiger partial charge in [0.25, 0.3) is 0 Å². The molecule has 72 valence electrons. The van der Waals surface area contributed by atoms with E-state index in [4.69, 9.17) is 0 Å². The normalized spacial score (nSPS) is 18.0. The lowest BCUT2D eigenvalue weighted by Crippen LogP contribution is -2.25. The van der Waals surface area contributed by atoms with Crippen LogP contribution in [0.1, 0.15) is 24.6 Å². The first-order valence-electron chi connectivity index (χ1n) is 4.26. The van der Waals surface area contributed by atoms with Crippen molar-refractivity contribution in [2.45, 2.75) is 18.8 Å². The third kappa shape index (κ3) is 1.76. The molecule has 0 atom stereocenters. The number of cyclic esters (lactones) is 2. The van der Waals surface area contributed by atoms with Crippen LogP contribution in [0.15, 0.2) is 18.5 Å². The zero-order valence-corrected chi connectivity index (χ0v) is 7.34. The molecule has 5 nitrogen and oxygen atoms in total. The number of aromatic nitrogens is 2. The van der Waals surface area contributed by atoms with Crippen LogP contribution in [-0.4, -0.2) is 21.9 Å². The van der Waals surface area contributed by atoms with Crippen molar-refractivity contribution in [3.63, 3.8) is 0 Å². The van der Waals surface area contributed by atoms with Crippen molar-refractivity contribution in [3.05, 3.63) is 24.3 Å². The molecular formula is C9H8N2O3. The quantitative estimate of drug-likeness (QED) is 0.476. The van der Waals surface area contributed by atoms with E-state index in [0.29, 0.717) is 5.82 Å². The monoisotopic (exact) mass is 192 g/mol. The number of ether oxygens (including phenoxy) is 1. The molecule has 0 amide bonds. The second-order valence-electron chi connectivity index (χ2n) is 3.06. The first-order chi connectivity index (χ1) is 6.75. The van der Waals surface area contributed by atoms with E-state index in [1.807, 2.05) is 0 Å². The minimum absolute atomic E-state index is 0.176. The molecule has 1 aromatic heterocycles. The van der Waals surface area contributed by atoms with Crippen LogP contribution in [0, 0.1) is 0 Å². The van der Waals surface area contributed by atoms with Crippen LogP contribution in [0.5, 0.6) is 0 Å². The molecule has 2 heterocycles. The largest absolute Gasteiger partial charge is 0.393 e. The van der Waals surface area contributed by atoms with Gasteiger partial charge >= 0.3 is 11.9 Å². The molecule has 1 aliphatic heterocycles. The van der Waals surface area contributed by atoms with E-state index in [1.54, 1.807) is 18.5 Å². The number of nitrogens with zero attached hydrogens (tertiary/aromatic N) is 2. The van der Waals surface area contributed by atoms with Gasteiger partial charge in [0.15, 0.2) is 0 Å². The van der Waals surface area contributed by atoms with Gasteiger partial charge in [-0.3, -0.25) is 9.59 Å². The van der Waals surface area contributed by atoms with Crippen LogP contribution < -0.4 is 0 Å². The fraction of sp³-hybridized carbons (Fsp3) is 0.333. The summed E-state index contributed by atoms with van der Waals surface area (Å²) in [5, 5.41) is 0. The van der Waals surface area contributed by atoms with Gasteiger partial charge in [0.1, 0.15) is 5.82 Å². The minimum Gasteiger partial charge on any atom is -0.393 e. The standard InChI is InChI=1S/C9H8N2O3/c12-7-4-6(5-8(13)14-7)9-10-2-1-3-11-9/h1-3,6H,4-5H2. The third-order valence-corrected chi connectivity index (χ3v) is 2.00. The number of carbonyl (C=O) groups excluding carboxylic acids is 2. The van der Waals surface area contributed by atoms with E-state index in [1.165, 1.54) is 0 Å². The smallest absolute Gasteiger partial charge is 0.314 e. The van der Waals surface area contributed by atoms with Crippen molar-refractivity contribution in [2.75, 3.05) is 0 Å². The van der Waals surface area contributed by atoms with E-state index in [0.717, 1.165) is 0 Å². The van der Waals surface area contributed by atoms with Gasteiger partial charge in [-0.05, 0) is 6.07 Å². The molecule has 5 heteroatoms. The molecule has 0 aliphatic carbocycles. The second kappa shape index (κ2) is 3.53. The Morgan fingerprint density at radius 1 is 1.14 bits per heavy atom. The maximum atomic E-state index is 11.0. The number of rotatable bonds is 1. The van der Waals surface area contributed by atoms with Gasteiger partial charge in [0.05, 0.1) is 12.8 Å². The molecule has 0 radical (unpaired) electrons. The van der Waals surface area contributed by atoms with Crippen LogP contribution >= 0.6 is 0 Å². The molecule has 14 heavy (non-hydrogen) atoms. The fourth-order valence-electron chi connectivity index (χ4n) is 1.39. The molecule has 0 saturated carbocycles. The van der Waals surface area contributed by atoms with Crippen LogP contribution in [-0.2, 0) is 14.3 Å². The molecule has 1 saturated heterocycles. The summed E-state index contributed by atoms with van der Waals surface area (Å²) in [5.41, 5.74) is 0. The predicted molar refractivity (Wildman–Crippen MR) is 45.1 cm³/mol. The molecule has 1 aromatic rings. The van der Waals surface area contributed by atoms with Gasteiger partial charge in [0, 0.05) is 18.3 Å². The second-order valence-corrected chi connectivity index (χ2v) is 3.06. The third-order valence-electron chi connectivity index (χ3n) is 2.00. The number of hydrogen-bond acceptors (Lipinski definition) is 5. The van der Waals surface area contributed by atoms with E-state index in [-0.39, 0.29) is 18.8 Å². The Morgan fingerprint density at radius 2 is 1.71 bits per heavy atom. The fourth-order valence-corrected chi connectivity index (χ4v) is 1.39. The SMILES string of the molecule is O=C1CC(c2ncccn2)CC(=O)O1. The van der Waals surface area contributed by atoms with E-state index in [2.05, 4.69) is 14.7 Å². The van der Waals surface area contributed by atoms with E-state index >= 15 is 0 Å². The lowest BCUT2D eigenvalue weighted by Gasteiger charge is -2.17. The summed E-state index contributed by atoms with van der Waals surface area (Å²) >= 11 is 0. The van der Waals surface area contributed by atoms with Crippen LogP contribution in [0.2, 0.25) is 0 Å². The van der Waals surface area contributed by atoms with Crippen LogP contribution in [0.3, 0.4) is 0 Å². The van der Waals surface area contributed by atoms with Gasteiger partial charge in [-0.2, -0.15) is 0 Å². The highest BCUT2D eigenvalue weighted by molar-refractivity contribution is 5.89. The maximum Gasteiger partial charge on any atom is 0.314 e. The van der Waals surface area contributed by atoms with Gasteiger partial charge in [-0.25, -0.2) is 9.97 Å². The van der Waals surface area contributed by atoms with Gasteiger partial charge < -0.3 is 4.74 Å². The van der Waals surface area contributed by atoms with Crippen molar-refractivity contribution in [3.8, 4) is 0 Å². The van der Waals surface area contributed by atoms with Gasteiger partial charge in [-0.1, -0.05) is 0 Å². The zero-order chi connectivity index (χ0) is 9.97. The number of hydrogen-bond donors (Lipinski definition) is 0. The lowest BCUT2D eigenvalue weighted by molar-refractivity contribution is -0.164. The average Bonchev–Trinajstić information content (AvgIpc) is 2.18. The Bertz CT molecular complexity index is 348. The maximum absolute atomic E-state index is 11.0. The summed E-state index contributed by atoms with van der Waals surface area (Å²) in [5.74, 6) is -0.708. The van der Waals surface area contributed by atoms with Crippen molar-refractivity contribution in [1.29, 1.82) is 0 Å². The highest BCUT2D eigenvalue weighted by atomic mass is 16.6. The summed E-state index contributed by atoms with van der Waals surface area (Å²) in [7, 11) is 0. The molecule has 1 aliphatic rings. The van der Waals surface area contributed by atoms with Gasteiger partial charge in [0.2, 0.25) is 0 Å². The minimum atomic E-state index is -0.501. The Morgan fingerprint density at radius 3 is 2.29 bits per heavy atom. The summed E-state index contributed by atoms with van der Waals surface area (Å²) < 4.78 is 4.40. The molecule has 0 bridgehead atoms. The lowest BCUT2D eigenvalue weighted by atomic mass is 9.98. The molecular weight excluding hydrogens is 184 g/mol. The molecule has 1 fully saturated rings. The first-order valence-corrected chi connectivity index (χ1v) is 4.26. The van der Waals surface area contributed by atoms with E-state index < -0.39 is 11.9 Å².